The Morgan fingerprint density at radius 2 is 1.90 bits per heavy atom. The minimum absolute atomic E-state index is 0.207. The fourth-order valence-corrected chi connectivity index (χ4v) is 5.61. The molecule has 1 aromatic carbocycles. The Labute approximate surface area is 179 Å². The number of methoxy groups -OCH3 is 1. The van der Waals surface area contributed by atoms with Crippen LogP contribution in [-0.2, 0) is 23.6 Å². The molecule has 7 nitrogen and oxygen atoms in total. The quantitative estimate of drug-likeness (QED) is 0.759. The fourth-order valence-electron chi connectivity index (χ4n) is 3.87. The van der Waals surface area contributed by atoms with Crippen molar-refractivity contribution in [1.29, 1.82) is 0 Å². The first-order chi connectivity index (χ1) is 14.2. The zero-order valence-electron chi connectivity index (χ0n) is 18.4. The molecule has 0 atom stereocenters. The molecule has 0 saturated carbocycles. The van der Waals surface area contributed by atoms with Crippen LogP contribution in [-0.4, -0.2) is 43.4 Å². The van der Waals surface area contributed by atoms with Crippen LogP contribution in [0.4, 0.5) is 0 Å². The molecule has 0 unspecified atom stereocenters. The third kappa shape index (κ3) is 4.25. The maximum absolute atomic E-state index is 13.2. The van der Waals surface area contributed by atoms with E-state index in [0.717, 1.165) is 24.0 Å². The minimum atomic E-state index is -3.62. The zero-order valence-corrected chi connectivity index (χ0v) is 19.2. The normalized spacial score (nSPS) is 15.9. The first-order valence-corrected chi connectivity index (χ1v) is 11.7. The monoisotopic (exact) mass is 433 g/mol. The second-order valence-electron chi connectivity index (χ2n) is 8.06. The maximum Gasteiger partial charge on any atom is 0.268 e. The first kappa shape index (κ1) is 22.4. The predicted molar refractivity (Wildman–Crippen MR) is 116 cm³/mol. The van der Waals surface area contributed by atoms with Crippen molar-refractivity contribution in [3.8, 4) is 5.75 Å². The van der Waals surface area contributed by atoms with E-state index in [4.69, 9.17) is 4.74 Å². The molecule has 1 fully saturated rings. The standard InChI is InChI=1S/C22H31N3O4S/c1-15-9-11-25(12-10-15)30(27,28)21-13-19(24(4)17(21)3)22(26)23-14-18-16(2)7-6-8-20(18)29-5/h6-8,13,15H,9-12,14H2,1-5H3,(H,23,26). The fraction of sp³-hybridized carbons (Fsp3) is 0.500. The molecule has 1 aliphatic rings. The van der Waals surface area contributed by atoms with Crippen molar-refractivity contribution in [2.75, 3.05) is 20.2 Å². The highest BCUT2D eigenvalue weighted by Gasteiger charge is 2.32. The number of rotatable bonds is 6. The Kier molecular flexibility index (Phi) is 6.57. The molecule has 30 heavy (non-hydrogen) atoms. The number of hydrogen-bond acceptors (Lipinski definition) is 4. The molecule has 1 saturated heterocycles. The summed E-state index contributed by atoms with van der Waals surface area (Å²) >= 11 is 0. The minimum Gasteiger partial charge on any atom is -0.496 e. The highest BCUT2D eigenvalue weighted by molar-refractivity contribution is 7.89. The molecule has 8 heteroatoms. The van der Waals surface area contributed by atoms with E-state index in [1.54, 1.807) is 25.6 Å². The van der Waals surface area contributed by atoms with E-state index in [0.29, 0.717) is 42.7 Å². The first-order valence-electron chi connectivity index (χ1n) is 10.2. The summed E-state index contributed by atoms with van der Waals surface area (Å²) in [6.07, 6.45) is 1.72. The van der Waals surface area contributed by atoms with Gasteiger partial charge in [0.25, 0.3) is 5.91 Å². The molecule has 0 radical (unpaired) electrons. The van der Waals surface area contributed by atoms with Gasteiger partial charge < -0.3 is 14.6 Å². The van der Waals surface area contributed by atoms with Crippen molar-refractivity contribution in [3.05, 3.63) is 46.8 Å². The summed E-state index contributed by atoms with van der Waals surface area (Å²) in [5.41, 5.74) is 2.80. The van der Waals surface area contributed by atoms with Crippen molar-refractivity contribution in [3.63, 3.8) is 0 Å². The molecule has 2 heterocycles. The van der Waals surface area contributed by atoms with Gasteiger partial charge in [-0.05, 0) is 50.3 Å². The van der Waals surface area contributed by atoms with Crippen LogP contribution in [0.1, 0.15) is 47.1 Å². The van der Waals surface area contributed by atoms with E-state index in [2.05, 4.69) is 12.2 Å². The number of nitrogens with zero attached hydrogens (tertiary/aromatic N) is 2. The SMILES string of the molecule is COc1cccc(C)c1CNC(=O)c1cc(S(=O)(=O)N2CCC(C)CC2)c(C)n1C. The highest BCUT2D eigenvalue weighted by Crippen LogP contribution is 2.27. The average Bonchev–Trinajstić information content (AvgIpc) is 3.02. The van der Waals surface area contributed by atoms with Crippen LogP contribution in [0, 0.1) is 19.8 Å². The van der Waals surface area contributed by atoms with Crippen molar-refractivity contribution in [2.24, 2.45) is 13.0 Å². The van der Waals surface area contributed by atoms with Gasteiger partial charge in [-0.15, -0.1) is 0 Å². The zero-order chi connectivity index (χ0) is 22.1. The summed E-state index contributed by atoms with van der Waals surface area (Å²) < 4.78 is 34.9. The number of ether oxygens (including phenoxy) is 1. The molecule has 0 bridgehead atoms. The molecule has 3 rings (SSSR count). The van der Waals surface area contributed by atoms with Crippen LogP contribution >= 0.6 is 0 Å². The van der Waals surface area contributed by atoms with Gasteiger partial charge >= 0.3 is 0 Å². The number of carbonyl (C=O) groups is 1. The Morgan fingerprint density at radius 1 is 1.23 bits per heavy atom. The molecule has 0 aliphatic carbocycles. The lowest BCUT2D eigenvalue weighted by Gasteiger charge is -2.29. The van der Waals surface area contributed by atoms with Crippen LogP contribution in [0.15, 0.2) is 29.2 Å². The van der Waals surface area contributed by atoms with Gasteiger partial charge in [0.1, 0.15) is 16.3 Å². The van der Waals surface area contributed by atoms with Gasteiger partial charge in [-0.25, -0.2) is 8.42 Å². The third-order valence-corrected chi connectivity index (χ3v) is 8.11. The predicted octanol–water partition coefficient (Wildman–Crippen LogP) is 3.00. The maximum atomic E-state index is 13.2. The topological polar surface area (TPSA) is 80.6 Å². The van der Waals surface area contributed by atoms with Crippen LogP contribution in [0.3, 0.4) is 0 Å². The van der Waals surface area contributed by atoms with Crippen LogP contribution in [0.2, 0.25) is 0 Å². The summed E-state index contributed by atoms with van der Waals surface area (Å²) in [5, 5.41) is 2.90. The van der Waals surface area contributed by atoms with Gasteiger partial charge in [-0.2, -0.15) is 4.31 Å². The van der Waals surface area contributed by atoms with Crippen molar-refractivity contribution in [2.45, 2.75) is 45.1 Å². The molecule has 1 N–H and O–H groups in total. The lowest BCUT2D eigenvalue weighted by atomic mass is 10.0. The molecular formula is C22H31N3O4S. The van der Waals surface area contributed by atoms with Gasteiger partial charge in [-0.1, -0.05) is 19.1 Å². The van der Waals surface area contributed by atoms with Gasteiger partial charge in [0, 0.05) is 37.9 Å². The Bertz CT molecular complexity index is 1030. The van der Waals surface area contributed by atoms with E-state index >= 15 is 0 Å². The summed E-state index contributed by atoms with van der Waals surface area (Å²) in [7, 11) is -0.309. The van der Waals surface area contributed by atoms with E-state index in [9.17, 15) is 13.2 Å². The highest BCUT2D eigenvalue weighted by atomic mass is 32.2. The Balaban J connectivity index is 1.82. The summed E-state index contributed by atoms with van der Waals surface area (Å²) in [6, 6.07) is 7.21. The summed E-state index contributed by atoms with van der Waals surface area (Å²) in [4.78, 5) is 13.1. The van der Waals surface area contributed by atoms with E-state index in [1.807, 2.05) is 25.1 Å². The Hall–Kier alpha value is -2.32. The lowest BCUT2D eigenvalue weighted by Crippen LogP contribution is -2.38. The van der Waals surface area contributed by atoms with E-state index in [1.165, 1.54) is 10.4 Å². The van der Waals surface area contributed by atoms with E-state index < -0.39 is 10.0 Å². The average molecular weight is 434 g/mol. The van der Waals surface area contributed by atoms with Crippen LogP contribution in [0.25, 0.3) is 0 Å². The number of aromatic nitrogens is 1. The van der Waals surface area contributed by atoms with Crippen molar-refractivity contribution >= 4 is 15.9 Å². The smallest absolute Gasteiger partial charge is 0.268 e. The van der Waals surface area contributed by atoms with Crippen LogP contribution in [0.5, 0.6) is 5.75 Å². The number of sulfonamides is 1. The lowest BCUT2D eigenvalue weighted by molar-refractivity contribution is 0.0942. The number of amides is 1. The second kappa shape index (κ2) is 8.81. The van der Waals surface area contributed by atoms with Crippen molar-refractivity contribution in [1.82, 2.24) is 14.2 Å². The van der Waals surface area contributed by atoms with E-state index in [-0.39, 0.29) is 10.8 Å². The van der Waals surface area contributed by atoms with Crippen LogP contribution < -0.4 is 10.1 Å². The molecule has 2 aromatic rings. The third-order valence-electron chi connectivity index (χ3n) is 6.09. The number of aryl methyl sites for hydroxylation is 1. The summed E-state index contributed by atoms with van der Waals surface area (Å²) in [6.45, 7) is 7.18. The number of benzene rings is 1. The second-order valence-corrected chi connectivity index (χ2v) is 9.97. The molecule has 1 amide bonds. The number of nitrogens with one attached hydrogen (secondary N) is 1. The van der Waals surface area contributed by atoms with Gasteiger partial charge in [-0.3, -0.25) is 4.79 Å². The number of carbonyl (C=O) groups excluding carboxylic acids is 1. The molecule has 164 valence electrons. The number of hydrogen-bond donors (Lipinski definition) is 1. The van der Waals surface area contributed by atoms with Gasteiger partial charge in [0.15, 0.2) is 0 Å². The largest absolute Gasteiger partial charge is 0.496 e. The van der Waals surface area contributed by atoms with Crippen molar-refractivity contribution < 1.29 is 17.9 Å². The number of piperidine rings is 1. The molecule has 1 aliphatic heterocycles. The molecule has 0 spiro atoms. The molecular weight excluding hydrogens is 402 g/mol. The summed E-state index contributed by atoms with van der Waals surface area (Å²) in [5.74, 6) is 0.925. The van der Waals surface area contributed by atoms with Gasteiger partial charge in [0.05, 0.1) is 7.11 Å². The van der Waals surface area contributed by atoms with Gasteiger partial charge in [0.2, 0.25) is 10.0 Å². The molecule has 1 aromatic heterocycles. The Morgan fingerprint density at radius 3 is 2.53 bits per heavy atom.